The number of halogens is 2. The smallest absolute Gasteiger partial charge is 0.274 e. The molecular formula is C21H24FIN4O3. The van der Waals surface area contributed by atoms with Crippen molar-refractivity contribution in [3.05, 3.63) is 60.8 Å². The van der Waals surface area contributed by atoms with Gasteiger partial charge in [0.05, 0.1) is 13.1 Å². The number of aromatic nitrogens is 2. The second-order valence-electron chi connectivity index (χ2n) is 8.16. The van der Waals surface area contributed by atoms with Gasteiger partial charge in [0.1, 0.15) is 11.4 Å². The number of benzene rings is 1. The van der Waals surface area contributed by atoms with Crippen molar-refractivity contribution in [2.75, 3.05) is 19.6 Å². The van der Waals surface area contributed by atoms with E-state index in [2.05, 4.69) is 10.4 Å². The van der Waals surface area contributed by atoms with Gasteiger partial charge in [-0.25, -0.2) is 9.07 Å². The van der Waals surface area contributed by atoms with Gasteiger partial charge in [-0.2, -0.15) is 5.10 Å². The molecule has 9 heteroatoms. The number of aliphatic hydroxyl groups is 1. The van der Waals surface area contributed by atoms with E-state index in [0.717, 1.165) is 34.1 Å². The van der Waals surface area contributed by atoms with Crippen molar-refractivity contribution in [3.8, 4) is 0 Å². The van der Waals surface area contributed by atoms with Crippen LogP contribution in [-0.2, 0) is 13.5 Å². The number of carbonyl (C=O) groups excluding carboxylic acids is 1. The summed E-state index contributed by atoms with van der Waals surface area (Å²) in [5.74, 6) is -0.741. The highest BCUT2D eigenvalue weighted by Crippen LogP contribution is 2.30. The van der Waals surface area contributed by atoms with Gasteiger partial charge in [-0.05, 0) is 65.2 Å². The molecule has 7 nitrogen and oxygen atoms in total. The Morgan fingerprint density at radius 3 is 2.77 bits per heavy atom. The Balaban J connectivity index is 1.57. The largest absolute Gasteiger partial charge is 0.385 e. The average molecular weight is 526 g/mol. The van der Waals surface area contributed by atoms with Gasteiger partial charge >= 0.3 is 0 Å². The number of carbonyl (C=O) groups is 1. The molecule has 0 saturated carbocycles. The lowest BCUT2D eigenvalue weighted by Gasteiger charge is -2.51. The number of piperidine rings is 1. The maximum absolute atomic E-state index is 14.3. The molecule has 0 radical (unpaired) electrons. The number of β-amino-alcohol motifs (C(OH)–C–C–N with tert-alkyl or cyclic N) is 1. The van der Waals surface area contributed by atoms with Crippen molar-refractivity contribution in [2.45, 2.75) is 37.3 Å². The minimum atomic E-state index is -0.945. The number of amides is 1. The summed E-state index contributed by atoms with van der Waals surface area (Å²) in [5.41, 5.74) is -0.410. The number of hydrogen-bond acceptors (Lipinski definition) is 5. The highest BCUT2D eigenvalue weighted by atomic mass is 127. The first kappa shape index (κ1) is 21.4. The number of likely N-dealkylation sites (tertiary alicyclic amines) is 1. The topological polar surface area (TPSA) is 87.5 Å². The molecule has 3 heterocycles. The maximum Gasteiger partial charge on any atom is 0.274 e. The van der Waals surface area contributed by atoms with Gasteiger partial charge in [0.25, 0.3) is 11.5 Å². The van der Waals surface area contributed by atoms with E-state index < -0.39 is 5.60 Å². The van der Waals surface area contributed by atoms with Crippen LogP contribution in [0.25, 0.3) is 0 Å². The van der Waals surface area contributed by atoms with Crippen LogP contribution in [0.15, 0.2) is 29.1 Å². The highest BCUT2D eigenvalue weighted by molar-refractivity contribution is 14.1. The molecule has 2 aliphatic rings. The van der Waals surface area contributed by atoms with Gasteiger partial charge < -0.3 is 15.3 Å². The van der Waals surface area contributed by atoms with Gasteiger partial charge in [0.2, 0.25) is 0 Å². The van der Waals surface area contributed by atoms with E-state index in [-0.39, 0.29) is 48.5 Å². The summed E-state index contributed by atoms with van der Waals surface area (Å²) in [4.78, 5) is 26.8. The normalized spacial score (nSPS) is 20.7. The van der Waals surface area contributed by atoms with Crippen LogP contribution in [0.5, 0.6) is 0 Å². The van der Waals surface area contributed by atoms with Crippen LogP contribution in [0.4, 0.5) is 4.39 Å². The maximum atomic E-state index is 14.3. The Bertz CT molecular complexity index is 1030. The third kappa shape index (κ3) is 4.15. The third-order valence-electron chi connectivity index (χ3n) is 5.94. The molecule has 1 atom stereocenters. The molecule has 30 heavy (non-hydrogen) atoms. The van der Waals surface area contributed by atoms with Gasteiger partial charge in [-0.1, -0.05) is 12.5 Å². The average Bonchev–Trinajstić information content (AvgIpc) is 2.70. The Morgan fingerprint density at radius 2 is 2.10 bits per heavy atom. The number of nitrogens with one attached hydrogen (secondary N) is 1. The number of nitrogens with zero attached hydrogens (tertiary/aromatic N) is 3. The minimum Gasteiger partial charge on any atom is -0.385 e. The lowest BCUT2D eigenvalue weighted by Crippen LogP contribution is -2.72. The van der Waals surface area contributed by atoms with E-state index in [1.165, 1.54) is 24.1 Å². The first-order valence-corrected chi connectivity index (χ1v) is 11.1. The zero-order valence-electron chi connectivity index (χ0n) is 16.7. The molecule has 2 saturated heterocycles. The fourth-order valence-corrected chi connectivity index (χ4v) is 4.65. The van der Waals surface area contributed by atoms with Crippen LogP contribution in [0.1, 0.15) is 40.9 Å². The highest BCUT2D eigenvalue weighted by Gasteiger charge is 2.50. The van der Waals surface area contributed by atoms with Crippen molar-refractivity contribution in [1.82, 2.24) is 20.0 Å². The van der Waals surface area contributed by atoms with Gasteiger partial charge in [0.15, 0.2) is 5.69 Å². The van der Waals surface area contributed by atoms with Crippen LogP contribution in [0, 0.1) is 9.39 Å². The van der Waals surface area contributed by atoms with Crippen LogP contribution < -0.4 is 10.9 Å². The molecule has 160 valence electrons. The number of hydrogen-bond donors (Lipinski definition) is 2. The SMILES string of the molecule is Cn1nc(C(=O)N2CC(O)([C@@H]3CCCCN3)C2)c(Cc2ccc(I)cc2F)cc1=O. The summed E-state index contributed by atoms with van der Waals surface area (Å²) in [7, 11) is 1.48. The molecule has 2 aromatic rings. The molecule has 1 aromatic heterocycles. The fraction of sp³-hybridized carbons (Fsp3) is 0.476. The lowest BCUT2D eigenvalue weighted by molar-refractivity contribution is -0.109. The first-order chi connectivity index (χ1) is 14.3. The first-order valence-electron chi connectivity index (χ1n) is 10.0. The van der Waals surface area contributed by atoms with E-state index in [0.29, 0.717) is 11.1 Å². The monoisotopic (exact) mass is 526 g/mol. The van der Waals surface area contributed by atoms with E-state index in [1.807, 2.05) is 22.6 Å². The Kier molecular flexibility index (Phi) is 5.95. The number of aryl methyl sites for hydroxylation is 1. The van der Waals surface area contributed by atoms with E-state index >= 15 is 0 Å². The zero-order valence-corrected chi connectivity index (χ0v) is 18.9. The third-order valence-corrected chi connectivity index (χ3v) is 6.62. The quantitative estimate of drug-likeness (QED) is 0.590. The molecular weight excluding hydrogens is 502 g/mol. The van der Waals surface area contributed by atoms with Crippen molar-refractivity contribution >= 4 is 28.5 Å². The van der Waals surface area contributed by atoms with Crippen molar-refractivity contribution in [2.24, 2.45) is 7.05 Å². The predicted molar refractivity (Wildman–Crippen MR) is 118 cm³/mol. The van der Waals surface area contributed by atoms with Crippen molar-refractivity contribution < 1.29 is 14.3 Å². The van der Waals surface area contributed by atoms with Crippen molar-refractivity contribution in [3.63, 3.8) is 0 Å². The second-order valence-corrected chi connectivity index (χ2v) is 9.41. The molecule has 0 spiro atoms. The van der Waals surface area contributed by atoms with E-state index in [9.17, 15) is 19.1 Å². The molecule has 2 fully saturated rings. The molecule has 0 unspecified atom stereocenters. The summed E-state index contributed by atoms with van der Waals surface area (Å²) >= 11 is 2.03. The molecule has 0 bridgehead atoms. The summed E-state index contributed by atoms with van der Waals surface area (Å²) < 4.78 is 16.2. The van der Waals surface area contributed by atoms with E-state index in [4.69, 9.17) is 0 Å². The van der Waals surface area contributed by atoms with Gasteiger partial charge in [-0.3, -0.25) is 9.59 Å². The van der Waals surface area contributed by atoms with Crippen LogP contribution in [0.3, 0.4) is 0 Å². The molecule has 0 aliphatic carbocycles. The fourth-order valence-electron chi connectivity index (χ4n) is 4.20. The minimum absolute atomic E-state index is 0.0243. The predicted octanol–water partition coefficient (Wildman–Crippen LogP) is 1.44. The molecule has 1 aromatic carbocycles. The Hall–Kier alpha value is -1.85. The van der Waals surface area contributed by atoms with Crippen molar-refractivity contribution in [1.29, 1.82) is 0 Å². The van der Waals surface area contributed by atoms with Crippen LogP contribution in [0.2, 0.25) is 0 Å². The van der Waals surface area contributed by atoms with Gasteiger partial charge in [0, 0.05) is 29.1 Å². The second kappa shape index (κ2) is 8.35. The standard InChI is InChI=1S/C21H24FIN4O3/c1-26-18(28)9-14(8-13-5-6-15(23)10-16(13)22)19(25-26)20(29)27-11-21(30,12-27)17-4-2-3-7-24-17/h5-6,9-10,17,24,30H,2-4,7-8,11-12H2,1H3/t17-/m0/s1. The molecule has 2 aliphatic heterocycles. The summed E-state index contributed by atoms with van der Waals surface area (Å²) in [6.07, 6.45) is 3.13. The summed E-state index contributed by atoms with van der Waals surface area (Å²) in [5, 5.41) is 18.4. The molecule has 1 amide bonds. The molecule has 2 N–H and O–H groups in total. The van der Waals surface area contributed by atoms with Crippen LogP contribution in [-0.4, -0.2) is 57.0 Å². The Labute approximate surface area is 187 Å². The lowest BCUT2D eigenvalue weighted by atomic mass is 9.81. The summed E-state index contributed by atoms with van der Waals surface area (Å²) in [6.45, 7) is 1.30. The summed E-state index contributed by atoms with van der Waals surface area (Å²) in [6, 6.07) is 6.16. The van der Waals surface area contributed by atoms with Crippen LogP contribution >= 0.6 is 22.6 Å². The Morgan fingerprint density at radius 1 is 1.33 bits per heavy atom. The van der Waals surface area contributed by atoms with Gasteiger partial charge in [-0.15, -0.1) is 0 Å². The zero-order chi connectivity index (χ0) is 21.5. The van der Waals surface area contributed by atoms with E-state index in [1.54, 1.807) is 12.1 Å². The number of rotatable bonds is 4. The molecule has 4 rings (SSSR count).